The molecular formula is C24H28F4N6O. The number of alkyl halides is 3. The number of aromatic amines is 1. The lowest BCUT2D eigenvalue weighted by Crippen LogP contribution is -2.28. The summed E-state index contributed by atoms with van der Waals surface area (Å²) in [5, 5.41) is 2.75. The van der Waals surface area contributed by atoms with Gasteiger partial charge in [-0.15, -0.1) is 0 Å². The first-order valence-corrected chi connectivity index (χ1v) is 11.2. The third-order valence-corrected chi connectivity index (χ3v) is 5.39. The van der Waals surface area contributed by atoms with E-state index >= 15 is 0 Å². The second kappa shape index (κ2) is 11.9. The van der Waals surface area contributed by atoms with E-state index in [4.69, 9.17) is 11.5 Å². The van der Waals surface area contributed by atoms with Crippen molar-refractivity contribution < 1.29 is 17.6 Å². The van der Waals surface area contributed by atoms with Crippen LogP contribution in [0.4, 0.5) is 29.2 Å². The van der Waals surface area contributed by atoms with E-state index in [1.807, 2.05) is 0 Å². The molecule has 0 bridgehead atoms. The van der Waals surface area contributed by atoms with Crippen LogP contribution in [0.1, 0.15) is 24.0 Å². The molecule has 1 aromatic heterocycles. The predicted octanol–water partition coefficient (Wildman–Crippen LogP) is 3.84. The topological polar surface area (TPSA) is 113 Å². The minimum atomic E-state index is -4.44. The molecule has 7 nitrogen and oxygen atoms in total. The first-order chi connectivity index (χ1) is 16.7. The fourth-order valence-electron chi connectivity index (χ4n) is 3.53. The molecule has 2 aromatic carbocycles. The van der Waals surface area contributed by atoms with Crippen LogP contribution < -0.4 is 22.3 Å². The lowest BCUT2D eigenvalue weighted by atomic mass is 10.1. The number of nitrogens with one attached hydrogen (secondary N) is 2. The Balaban J connectivity index is 1.73. The Morgan fingerprint density at radius 1 is 1.00 bits per heavy atom. The Morgan fingerprint density at radius 2 is 1.66 bits per heavy atom. The van der Waals surface area contributed by atoms with Gasteiger partial charge in [0.05, 0.1) is 11.1 Å². The third kappa shape index (κ3) is 7.35. The van der Waals surface area contributed by atoms with E-state index in [1.54, 1.807) is 12.1 Å². The molecule has 0 radical (unpaired) electrons. The quantitative estimate of drug-likeness (QED) is 0.303. The lowest BCUT2D eigenvalue weighted by molar-refractivity contribution is -0.137. The van der Waals surface area contributed by atoms with Crippen molar-refractivity contribution in [1.82, 2.24) is 14.9 Å². The Hall–Kier alpha value is -3.28. The van der Waals surface area contributed by atoms with Crippen LogP contribution in [-0.2, 0) is 12.7 Å². The largest absolute Gasteiger partial charge is 0.416 e. The van der Waals surface area contributed by atoms with Crippen LogP contribution in [0.5, 0.6) is 0 Å². The van der Waals surface area contributed by atoms with Gasteiger partial charge in [0.15, 0.2) is 0 Å². The molecule has 0 saturated carbocycles. The first kappa shape index (κ1) is 26.3. The molecular weight excluding hydrogens is 464 g/mol. The SMILES string of the molecule is NCCCN(CCCN)Cc1ccc(-c2cnc(Nc3ccc(C(F)(F)F)cc3)[nH]c2=O)cc1F. The van der Waals surface area contributed by atoms with Crippen molar-refractivity contribution in [3.8, 4) is 11.1 Å². The van der Waals surface area contributed by atoms with Gasteiger partial charge in [0.25, 0.3) is 5.56 Å². The maximum absolute atomic E-state index is 14.9. The van der Waals surface area contributed by atoms with Crippen LogP contribution in [-0.4, -0.2) is 41.0 Å². The smallest absolute Gasteiger partial charge is 0.330 e. The summed E-state index contributed by atoms with van der Waals surface area (Å²) in [6.45, 7) is 2.94. The fraction of sp³-hybridized carbons (Fsp3) is 0.333. The molecule has 0 amide bonds. The van der Waals surface area contributed by atoms with E-state index in [-0.39, 0.29) is 11.5 Å². The summed E-state index contributed by atoms with van der Waals surface area (Å²) in [7, 11) is 0. The molecule has 35 heavy (non-hydrogen) atoms. The number of rotatable bonds is 11. The molecule has 0 spiro atoms. The van der Waals surface area contributed by atoms with E-state index in [0.29, 0.717) is 36.4 Å². The Labute approximate surface area is 200 Å². The highest BCUT2D eigenvalue weighted by Crippen LogP contribution is 2.30. The summed E-state index contributed by atoms with van der Waals surface area (Å²) in [6.07, 6.45) is -1.57. The number of anilines is 2. The summed E-state index contributed by atoms with van der Waals surface area (Å²) >= 11 is 0. The number of hydrogen-bond donors (Lipinski definition) is 4. The Kier molecular flexibility index (Phi) is 8.96. The van der Waals surface area contributed by atoms with Gasteiger partial charge in [0.2, 0.25) is 5.95 Å². The average Bonchev–Trinajstić information content (AvgIpc) is 2.82. The monoisotopic (exact) mass is 492 g/mol. The maximum Gasteiger partial charge on any atom is 0.416 e. The lowest BCUT2D eigenvalue weighted by Gasteiger charge is -2.22. The van der Waals surface area contributed by atoms with E-state index < -0.39 is 23.1 Å². The molecule has 0 saturated heterocycles. The summed E-state index contributed by atoms with van der Waals surface area (Å²) in [5.41, 5.74) is 11.2. The van der Waals surface area contributed by atoms with Gasteiger partial charge in [-0.3, -0.25) is 14.7 Å². The number of aromatic nitrogens is 2. The summed E-state index contributed by atoms with van der Waals surface area (Å²) < 4.78 is 53.0. The molecule has 6 N–H and O–H groups in total. The van der Waals surface area contributed by atoms with Crippen LogP contribution in [0, 0.1) is 5.82 Å². The number of H-pyrrole nitrogens is 1. The maximum atomic E-state index is 14.9. The molecule has 0 unspecified atom stereocenters. The number of nitrogens with two attached hydrogens (primary N) is 2. The average molecular weight is 493 g/mol. The fourth-order valence-corrected chi connectivity index (χ4v) is 3.53. The predicted molar refractivity (Wildman–Crippen MR) is 128 cm³/mol. The standard InChI is InChI=1S/C24H28F4N6O/c25-21-13-16(3-4-17(21)15-34(11-1-9-29)12-2-10-30)20-14-31-23(33-22(20)35)32-19-7-5-18(6-8-19)24(26,27)28/h3-8,13-14H,1-2,9-12,15,29-30H2,(H2,31,32,33,35). The van der Waals surface area contributed by atoms with E-state index in [9.17, 15) is 22.4 Å². The van der Waals surface area contributed by atoms with E-state index in [0.717, 1.165) is 38.1 Å². The number of nitrogens with zero attached hydrogens (tertiary/aromatic N) is 2. The van der Waals surface area contributed by atoms with Gasteiger partial charge in [0.1, 0.15) is 5.82 Å². The van der Waals surface area contributed by atoms with E-state index in [1.165, 1.54) is 24.4 Å². The van der Waals surface area contributed by atoms with Crippen molar-refractivity contribution in [1.29, 1.82) is 0 Å². The van der Waals surface area contributed by atoms with Crippen LogP contribution in [0.3, 0.4) is 0 Å². The molecule has 0 aliphatic rings. The highest BCUT2D eigenvalue weighted by molar-refractivity contribution is 5.63. The molecule has 3 rings (SSSR count). The van der Waals surface area contributed by atoms with Gasteiger partial charge in [0, 0.05) is 24.0 Å². The van der Waals surface area contributed by atoms with Crippen LogP contribution in [0.25, 0.3) is 11.1 Å². The summed E-state index contributed by atoms with van der Waals surface area (Å²) in [6, 6.07) is 8.88. The van der Waals surface area contributed by atoms with Crippen molar-refractivity contribution in [2.75, 3.05) is 31.5 Å². The molecule has 0 atom stereocenters. The minimum Gasteiger partial charge on any atom is -0.330 e. The second-order valence-electron chi connectivity index (χ2n) is 8.04. The zero-order valence-corrected chi connectivity index (χ0v) is 19.0. The van der Waals surface area contributed by atoms with Crippen molar-refractivity contribution >= 4 is 11.6 Å². The van der Waals surface area contributed by atoms with Gasteiger partial charge in [-0.05, 0) is 74.9 Å². The number of hydrogen-bond acceptors (Lipinski definition) is 6. The second-order valence-corrected chi connectivity index (χ2v) is 8.04. The van der Waals surface area contributed by atoms with Gasteiger partial charge in [-0.1, -0.05) is 12.1 Å². The zero-order chi connectivity index (χ0) is 25.4. The van der Waals surface area contributed by atoms with Crippen molar-refractivity contribution in [3.63, 3.8) is 0 Å². The zero-order valence-electron chi connectivity index (χ0n) is 19.0. The molecule has 188 valence electrons. The van der Waals surface area contributed by atoms with Gasteiger partial charge in [-0.2, -0.15) is 13.2 Å². The number of halogens is 4. The molecule has 0 aliphatic carbocycles. The van der Waals surface area contributed by atoms with Crippen LogP contribution in [0.2, 0.25) is 0 Å². The summed E-state index contributed by atoms with van der Waals surface area (Å²) in [4.78, 5) is 21.3. The highest BCUT2D eigenvalue weighted by Gasteiger charge is 2.29. The van der Waals surface area contributed by atoms with Gasteiger partial charge in [-0.25, -0.2) is 9.37 Å². The number of benzene rings is 2. The Bertz CT molecular complexity index is 1160. The molecule has 1 heterocycles. The molecule has 0 fully saturated rings. The van der Waals surface area contributed by atoms with E-state index in [2.05, 4.69) is 20.2 Å². The summed E-state index contributed by atoms with van der Waals surface area (Å²) in [5.74, 6) is -0.398. The van der Waals surface area contributed by atoms with Crippen LogP contribution >= 0.6 is 0 Å². The molecule has 3 aromatic rings. The third-order valence-electron chi connectivity index (χ3n) is 5.39. The normalized spacial score (nSPS) is 11.7. The Morgan fingerprint density at radius 3 is 2.20 bits per heavy atom. The minimum absolute atomic E-state index is 0.0473. The molecule has 11 heteroatoms. The van der Waals surface area contributed by atoms with Crippen molar-refractivity contribution in [3.05, 3.63) is 76.0 Å². The van der Waals surface area contributed by atoms with Crippen LogP contribution in [0.15, 0.2) is 53.5 Å². The highest BCUT2D eigenvalue weighted by atomic mass is 19.4. The van der Waals surface area contributed by atoms with Crippen molar-refractivity contribution in [2.24, 2.45) is 11.5 Å². The van der Waals surface area contributed by atoms with Gasteiger partial charge < -0.3 is 16.8 Å². The first-order valence-electron chi connectivity index (χ1n) is 11.2. The van der Waals surface area contributed by atoms with Crippen molar-refractivity contribution in [2.45, 2.75) is 25.6 Å². The van der Waals surface area contributed by atoms with Gasteiger partial charge >= 0.3 is 6.18 Å². The molecule has 0 aliphatic heterocycles.